The molecule has 1 heterocycles. The van der Waals surface area contributed by atoms with Crippen molar-refractivity contribution in [3.8, 4) is 11.5 Å². The molecule has 0 aliphatic heterocycles. The number of aromatic hydroxyl groups is 1. The van der Waals surface area contributed by atoms with Gasteiger partial charge in [0.05, 0.1) is 7.11 Å². The highest BCUT2D eigenvalue weighted by Gasteiger charge is 2.11. The second kappa shape index (κ2) is 3.31. The molecule has 0 bridgehead atoms. The van der Waals surface area contributed by atoms with Crippen LogP contribution in [0, 0.1) is 6.92 Å². The van der Waals surface area contributed by atoms with Crippen molar-refractivity contribution in [2.24, 2.45) is 0 Å². The van der Waals surface area contributed by atoms with Gasteiger partial charge < -0.3 is 14.3 Å². The second-order valence-corrected chi connectivity index (χ2v) is 3.21. The van der Waals surface area contributed by atoms with E-state index in [0.29, 0.717) is 11.3 Å². The molecule has 0 saturated carbocycles. The Balaban J connectivity index is 2.93. The van der Waals surface area contributed by atoms with Gasteiger partial charge in [-0.2, -0.15) is 0 Å². The highest BCUT2D eigenvalue weighted by Crippen LogP contribution is 2.32. The molecule has 0 aliphatic rings. The first-order valence-electron chi connectivity index (χ1n) is 4.44. The summed E-state index contributed by atoms with van der Waals surface area (Å²) in [7, 11) is 1.43. The highest BCUT2D eigenvalue weighted by atomic mass is 16.5. The third kappa shape index (κ3) is 1.44. The number of phenolic OH excluding ortho intramolecular Hbond substituents is 1. The van der Waals surface area contributed by atoms with E-state index in [9.17, 15) is 9.90 Å². The molecule has 0 radical (unpaired) electrons. The summed E-state index contributed by atoms with van der Waals surface area (Å²) in [5.74, 6) is 0.597. The standard InChI is InChI=1S/C11H10O4/c1-6-5-7(12)10-8(15-6)3-4-9(14-2)11(10)13/h3-5,13H,1-2H3. The van der Waals surface area contributed by atoms with Gasteiger partial charge in [0.2, 0.25) is 0 Å². The Bertz CT molecular complexity index is 569. The number of ether oxygens (including phenoxy) is 1. The Morgan fingerprint density at radius 1 is 1.40 bits per heavy atom. The SMILES string of the molecule is COc1ccc2oc(C)cc(=O)c2c1O. The molecule has 0 saturated heterocycles. The molecule has 0 aliphatic carbocycles. The summed E-state index contributed by atoms with van der Waals surface area (Å²) in [4.78, 5) is 11.6. The van der Waals surface area contributed by atoms with E-state index in [1.807, 2.05) is 0 Å². The van der Waals surface area contributed by atoms with E-state index >= 15 is 0 Å². The van der Waals surface area contributed by atoms with Crippen molar-refractivity contribution in [2.45, 2.75) is 6.92 Å². The molecule has 4 nitrogen and oxygen atoms in total. The van der Waals surface area contributed by atoms with Gasteiger partial charge in [-0.05, 0) is 19.1 Å². The predicted octanol–water partition coefficient (Wildman–Crippen LogP) is 1.82. The van der Waals surface area contributed by atoms with Crippen LogP contribution >= 0.6 is 0 Å². The molecule has 0 unspecified atom stereocenters. The van der Waals surface area contributed by atoms with Crippen LogP contribution in [-0.4, -0.2) is 12.2 Å². The van der Waals surface area contributed by atoms with Crippen LogP contribution in [0.1, 0.15) is 5.76 Å². The van der Waals surface area contributed by atoms with Crippen LogP contribution in [0.2, 0.25) is 0 Å². The zero-order valence-electron chi connectivity index (χ0n) is 8.40. The van der Waals surface area contributed by atoms with Crippen LogP contribution in [-0.2, 0) is 0 Å². The topological polar surface area (TPSA) is 59.7 Å². The summed E-state index contributed by atoms with van der Waals surface area (Å²) in [5, 5.41) is 9.89. The van der Waals surface area contributed by atoms with Gasteiger partial charge in [0.1, 0.15) is 16.7 Å². The monoisotopic (exact) mass is 206 g/mol. The van der Waals surface area contributed by atoms with Crippen LogP contribution in [0.4, 0.5) is 0 Å². The lowest BCUT2D eigenvalue weighted by atomic mass is 10.2. The Kier molecular flexibility index (Phi) is 2.11. The third-order valence-electron chi connectivity index (χ3n) is 2.17. The van der Waals surface area contributed by atoms with Crippen LogP contribution in [0.3, 0.4) is 0 Å². The maximum absolute atomic E-state index is 11.6. The molecule has 0 fully saturated rings. The van der Waals surface area contributed by atoms with Crippen LogP contribution in [0.5, 0.6) is 11.5 Å². The van der Waals surface area contributed by atoms with Crippen molar-refractivity contribution in [1.82, 2.24) is 0 Å². The lowest BCUT2D eigenvalue weighted by molar-refractivity contribution is 0.375. The van der Waals surface area contributed by atoms with E-state index in [4.69, 9.17) is 9.15 Å². The molecule has 4 heteroatoms. The number of aryl methyl sites for hydroxylation is 1. The van der Waals surface area contributed by atoms with Crippen LogP contribution < -0.4 is 10.2 Å². The minimum atomic E-state index is -0.273. The zero-order chi connectivity index (χ0) is 11.0. The Labute approximate surface area is 85.7 Å². The summed E-state index contributed by atoms with van der Waals surface area (Å²) < 4.78 is 10.2. The predicted molar refractivity (Wildman–Crippen MR) is 55.4 cm³/mol. The van der Waals surface area contributed by atoms with E-state index in [-0.39, 0.29) is 22.3 Å². The second-order valence-electron chi connectivity index (χ2n) is 3.21. The van der Waals surface area contributed by atoms with Gasteiger partial charge in [-0.15, -0.1) is 0 Å². The summed E-state index contributed by atoms with van der Waals surface area (Å²) >= 11 is 0. The Morgan fingerprint density at radius 3 is 2.80 bits per heavy atom. The van der Waals surface area contributed by atoms with Gasteiger partial charge in [-0.25, -0.2) is 0 Å². The molecular weight excluding hydrogens is 196 g/mol. The molecule has 1 N–H and O–H groups in total. The largest absolute Gasteiger partial charge is 0.504 e. The lowest BCUT2D eigenvalue weighted by Gasteiger charge is -2.05. The highest BCUT2D eigenvalue weighted by molar-refractivity contribution is 5.85. The van der Waals surface area contributed by atoms with Gasteiger partial charge in [-0.3, -0.25) is 4.79 Å². The van der Waals surface area contributed by atoms with Crippen molar-refractivity contribution in [3.63, 3.8) is 0 Å². The number of methoxy groups -OCH3 is 1. The van der Waals surface area contributed by atoms with Crippen LogP contribution in [0.25, 0.3) is 11.0 Å². The molecule has 0 atom stereocenters. The smallest absolute Gasteiger partial charge is 0.196 e. The fourth-order valence-electron chi connectivity index (χ4n) is 1.50. The normalized spacial score (nSPS) is 10.5. The molecule has 0 amide bonds. The zero-order valence-corrected chi connectivity index (χ0v) is 8.40. The van der Waals surface area contributed by atoms with E-state index in [1.165, 1.54) is 13.2 Å². The van der Waals surface area contributed by atoms with E-state index in [1.54, 1.807) is 19.1 Å². The molecule has 1 aromatic carbocycles. The number of phenols is 1. The Hall–Kier alpha value is -1.97. The molecule has 1 aromatic heterocycles. The fraction of sp³-hybridized carbons (Fsp3) is 0.182. The average Bonchev–Trinajstić information content (AvgIpc) is 2.17. The van der Waals surface area contributed by atoms with Crippen molar-refractivity contribution in [1.29, 1.82) is 0 Å². The maximum atomic E-state index is 11.6. The summed E-state index contributed by atoms with van der Waals surface area (Å²) in [6.07, 6.45) is 0. The first-order chi connectivity index (χ1) is 7.13. The summed E-state index contributed by atoms with van der Waals surface area (Å²) in [6.45, 7) is 1.68. The molecule has 2 rings (SSSR count). The molecule has 2 aromatic rings. The van der Waals surface area contributed by atoms with Gasteiger partial charge in [0.15, 0.2) is 16.9 Å². The number of hydrogen-bond donors (Lipinski definition) is 1. The fourth-order valence-corrected chi connectivity index (χ4v) is 1.50. The lowest BCUT2D eigenvalue weighted by Crippen LogP contribution is -2.01. The minimum absolute atomic E-state index is 0.153. The number of rotatable bonds is 1. The number of benzene rings is 1. The maximum Gasteiger partial charge on any atom is 0.196 e. The third-order valence-corrected chi connectivity index (χ3v) is 2.17. The van der Waals surface area contributed by atoms with Crippen molar-refractivity contribution >= 4 is 11.0 Å². The molecule has 15 heavy (non-hydrogen) atoms. The summed E-state index contributed by atoms with van der Waals surface area (Å²) in [6, 6.07) is 4.49. The molecule has 0 spiro atoms. The van der Waals surface area contributed by atoms with Gasteiger partial charge >= 0.3 is 0 Å². The van der Waals surface area contributed by atoms with Crippen molar-refractivity contribution in [2.75, 3.05) is 7.11 Å². The van der Waals surface area contributed by atoms with Gasteiger partial charge in [0, 0.05) is 6.07 Å². The minimum Gasteiger partial charge on any atom is -0.504 e. The molecule has 78 valence electrons. The average molecular weight is 206 g/mol. The number of fused-ring (bicyclic) bond motifs is 1. The Morgan fingerprint density at radius 2 is 2.13 bits per heavy atom. The quantitative estimate of drug-likeness (QED) is 0.773. The van der Waals surface area contributed by atoms with Crippen molar-refractivity contribution in [3.05, 3.63) is 34.2 Å². The van der Waals surface area contributed by atoms with E-state index < -0.39 is 0 Å². The molecular formula is C11H10O4. The van der Waals surface area contributed by atoms with E-state index in [2.05, 4.69) is 0 Å². The number of hydrogen-bond acceptors (Lipinski definition) is 4. The van der Waals surface area contributed by atoms with Gasteiger partial charge in [0.25, 0.3) is 0 Å². The summed E-state index contributed by atoms with van der Waals surface area (Å²) in [5.41, 5.74) is 0.0865. The van der Waals surface area contributed by atoms with Crippen molar-refractivity contribution < 1.29 is 14.3 Å². The first-order valence-corrected chi connectivity index (χ1v) is 4.44. The first kappa shape index (κ1) is 9.58. The van der Waals surface area contributed by atoms with Crippen LogP contribution in [0.15, 0.2) is 27.4 Å². The van der Waals surface area contributed by atoms with Gasteiger partial charge in [-0.1, -0.05) is 0 Å². The van der Waals surface area contributed by atoms with E-state index in [0.717, 1.165) is 0 Å².